The highest BCUT2D eigenvalue weighted by Crippen LogP contribution is 2.21. The molecule has 2 atom stereocenters. The van der Waals surface area contributed by atoms with Crippen LogP contribution in [0.5, 0.6) is 5.75 Å². The third-order valence-corrected chi connectivity index (χ3v) is 4.56. The molecule has 2 heterocycles. The van der Waals surface area contributed by atoms with Crippen molar-refractivity contribution in [3.05, 3.63) is 64.7 Å². The number of nitrogens with zero attached hydrogens (tertiary/aromatic N) is 2. The fourth-order valence-electron chi connectivity index (χ4n) is 2.93. The van der Waals surface area contributed by atoms with Gasteiger partial charge in [-0.25, -0.2) is 9.59 Å². The first-order valence-corrected chi connectivity index (χ1v) is 9.92. The van der Waals surface area contributed by atoms with Crippen molar-refractivity contribution in [1.29, 1.82) is 0 Å². The monoisotopic (exact) mass is 413 g/mol. The number of aromatic nitrogens is 2. The van der Waals surface area contributed by atoms with Crippen LogP contribution in [-0.2, 0) is 9.47 Å². The SMILES string of the molecule is COc1ccc(C(=O)OC[C@@H]2C=CC[C@H](n3ccc(NCC(C)C)nc3=O)O2)cc1. The largest absolute Gasteiger partial charge is 0.497 e. The van der Waals surface area contributed by atoms with Gasteiger partial charge in [-0.2, -0.15) is 4.98 Å². The number of ether oxygens (including phenoxy) is 3. The quantitative estimate of drug-likeness (QED) is 0.525. The van der Waals surface area contributed by atoms with Gasteiger partial charge < -0.3 is 19.5 Å². The molecule has 8 nitrogen and oxygen atoms in total. The average Bonchev–Trinajstić information content (AvgIpc) is 2.76. The van der Waals surface area contributed by atoms with Crippen molar-refractivity contribution in [2.45, 2.75) is 32.6 Å². The van der Waals surface area contributed by atoms with Gasteiger partial charge in [0.15, 0.2) is 0 Å². The maximum atomic E-state index is 12.4. The van der Waals surface area contributed by atoms with Crippen LogP contribution < -0.4 is 15.7 Å². The number of carbonyl (C=O) groups is 1. The van der Waals surface area contributed by atoms with E-state index in [1.165, 1.54) is 4.57 Å². The molecule has 8 heteroatoms. The predicted molar refractivity (Wildman–Crippen MR) is 113 cm³/mol. The fourth-order valence-corrected chi connectivity index (χ4v) is 2.93. The van der Waals surface area contributed by atoms with Gasteiger partial charge in [0.1, 0.15) is 30.5 Å². The van der Waals surface area contributed by atoms with Gasteiger partial charge in [0.2, 0.25) is 0 Å². The van der Waals surface area contributed by atoms with Crippen LogP contribution in [0.3, 0.4) is 0 Å². The molecular formula is C22H27N3O5. The Morgan fingerprint density at radius 2 is 2.07 bits per heavy atom. The van der Waals surface area contributed by atoms with E-state index in [0.29, 0.717) is 29.5 Å². The summed E-state index contributed by atoms with van der Waals surface area (Å²) in [5.41, 5.74) is 0.0371. The van der Waals surface area contributed by atoms with Crippen molar-refractivity contribution < 1.29 is 19.0 Å². The lowest BCUT2D eigenvalue weighted by atomic mass is 10.2. The number of hydrogen-bond donors (Lipinski definition) is 1. The lowest BCUT2D eigenvalue weighted by Gasteiger charge is -2.27. The molecule has 1 N–H and O–H groups in total. The number of anilines is 1. The molecule has 1 aliphatic heterocycles. The summed E-state index contributed by atoms with van der Waals surface area (Å²) in [5.74, 6) is 1.21. The highest BCUT2D eigenvalue weighted by molar-refractivity contribution is 5.89. The van der Waals surface area contributed by atoms with Crippen LogP contribution >= 0.6 is 0 Å². The maximum absolute atomic E-state index is 12.4. The zero-order valence-corrected chi connectivity index (χ0v) is 17.4. The minimum Gasteiger partial charge on any atom is -0.497 e. The van der Waals surface area contributed by atoms with Gasteiger partial charge in [-0.3, -0.25) is 4.57 Å². The molecular weight excluding hydrogens is 386 g/mol. The third-order valence-electron chi connectivity index (χ3n) is 4.56. The molecule has 0 unspecified atom stereocenters. The Morgan fingerprint density at radius 3 is 2.73 bits per heavy atom. The maximum Gasteiger partial charge on any atom is 0.351 e. The highest BCUT2D eigenvalue weighted by Gasteiger charge is 2.22. The Bertz CT molecular complexity index is 937. The van der Waals surface area contributed by atoms with E-state index in [2.05, 4.69) is 24.1 Å². The second kappa shape index (κ2) is 10.1. The van der Waals surface area contributed by atoms with Crippen molar-refractivity contribution in [2.24, 2.45) is 5.92 Å². The minimum atomic E-state index is -0.501. The summed E-state index contributed by atoms with van der Waals surface area (Å²) in [6.45, 7) is 4.95. The van der Waals surface area contributed by atoms with Gasteiger partial charge in [0, 0.05) is 19.2 Å². The van der Waals surface area contributed by atoms with Crippen molar-refractivity contribution in [1.82, 2.24) is 9.55 Å². The van der Waals surface area contributed by atoms with Gasteiger partial charge in [0.25, 0.3) is 0 Å². The Balaban J connectivity index is 1.57. The number of hydrogen-bond acceptors (Lipinski definition) is 7. The molecule has 0 fully saturated rings. The summed E-state index contributed by atoms with van der Waals surface area (Å²) in [6, 6.07) is 8.43. The zero-order valence-electron chi connectivity index (χ0n) is 17.4. The van der Waals surface area contributed by atoms with Crippen LogP contribution in [-0.4, -0.2) is 41.9 Å². The molecule has 3 rings (SSSR count). The molecule has 1 aromatic heterocycles. The van der Waals surface area contributed by atoms with E-state index >= 15 is 0 Å². The van der Waals surface area contributed by atoms with E-state index in [-0.39, 0.29) is 6.61 Å². The number of methoxy groups -OCH3 is 1. The molecule has 1 aliphatic rings. The van der Waals surface area contributed by atoms with Crippen LogP contribution in [0.15, 0.2) is 53.5 Å². The number of carbonyl (C=O) groups excluding carboxylic acids is 1. The summed E-state index contributed by atoms with van der Waals surface area (Å²) in [5, 5.41) is 3.13. The highest BCUT2D eigenvalue weighted by atomic mass is 16.6. The third kappa shape index (κ3) is 5.70. The summed E-state index contributed by atoms with van der Waals surface area (Å²) in [6.07, 6.45) is 4.99. The normalized spacial score (nSPS) is 18.3. The lowest BCUT2D eigenvalue weighted by Crippen LogP contribution is -2.34. The second-order valence-electron chi connectivity index (χ2n) is 7.40. The van der Waals surface area contributed by atoms with E-state index in [1.54, 1.807) is 43.6 Å². The first-order chi connectivity index (χ1) is 14.5. The molecule has 2 aromatic rings. The molecule has 1 aromatic carbocycles. The Hall–Kier alpha value is -3.13. The number of rotatable bonds is 8. The topological polar surface area (TPSA) is 91.7 Å². The van der Waals surface area contributed by atoms with E-state index in [4.69, 9.17) is 14.2 Å². The van der Waals surface area contributed by atoms with Gasteiger partial charge in [-0.05, 0) is 36.2 Å². The standard InChI is InChI=1S/C22H27N3O5/c1-15(2)13-23-19-11-12-25(22(27)24-19)20-6-4-5-18(30-20)14-29-21(26)16-7-9-17(28-3)10-8-16/h4-5,7-12,15,18,20H,6,13-14H2,1-3H3,(H,23,24,27)/t18-,20+/m0/s1. The van der Waals surface area contributed by atoms with Gasteiger partial charge in [0.05, 0.1) is 12.7 Å². The molecule has 0 aliphatic carbocycles. The molecule has 30 heavy (non-hydrogen) atoms. The van der Waals surface area contributed by atoms with Crippen molar-refractivity contribution >= 4 is 11.8 Å². The van der Waals surface area contributed by atoms with E-state index in [9.17, 15) is 9.59 Å². The summed E-state index contributed by atoms with van der Waals surface area (Å²) in [4.78, 5) is 28.7. The summed E-state index contributed by atoms with van der Waals surface area (Å²) in [7, 11) is 1.56. The minimum absolute atomic E-state index is 0.0497. The fraction of sp³-hybridized carbons (Fsp3) is 0.409. The Morgan fingerprint density at radius 1 is 1.30 bits per heavy atom. The first-order valence-electron chi connectivity index (χ1n) is 9.92. The van der Waals surface area contributed by atoms with E-state index in [0.717, 1.165) is 6.54 Å². The second-order valence-corrected chi connectivity index (χ2v) is 7.40. The zero-order chi connectivity index (χ0) is 21.5. The predicted octanol–water partition coefficient (Wildman–Crippen LogP) is 3.02. The van der Waals surface area contributed by atoms with Gasteiger partial charge in [-0.15, -0.1) is 0 Å². The van der Waals surface area contributed by atoms with Crippen molar-refractivity contribution in [2.75, 3.05) is 25.6 Å². The Kier molecular flexibility index (Phi) is 7.24. The van der Waals surface area contributed by atoms with Gasteiger partial charge in [-0.1, -0.05) is 26.0 Å². The molecule has 0 spiro atoms. The van der Waals surface area contributed by atoms with E-state index in [1.807, 2.05) is 12.2 Å². The van der Waals surface area contributed by atoms with Crippen LogP contribution in [0.2, 0.25) is 0 Å². The van der Waals surface area contributed by atoms with Crippen LogP contribution in [0, 0.1) is 5.92 Å². The van der Waals surface area contributed by atoms with Gasteiger partial charge >= 0.3 is 11.7 Å². The molecule has 0 saturated carbocycles. The number of nitrogens with one attached hydrogen (secondary N) is 1. The van der Waals surface area contributed by atoms with Crippen molar-refractivity contribution in [3.8, 4) is 5.75 Å². The smallest absolute Gasteiger partial charge is 0.351 e. The summed E-state index contributed by atoms with van der Waals surface area (Å²) >= 11 is 0. The van der Waals surface area contributed by atoms with Crippen LogP contribution in [0.4, 0.5) is 5.82 Å². The number of esters is 1. The molecule has 0 amide bonds. The van der Waals surface area contributed by atoms with Crippen LogP contribution in [0.25, 0.3) is 0 Å². The van der Waals surface area contributed by atoms with E-state index < -0.39 is 24.0 Å². The first kappa shape index (κ1) is 21.6. The molecule has 0 bridgehead atoms. The van der Waals surface area contributed by atoms with Crippen molar-refractivity contribution in [3.63, 3.8) is 0 Å². The summed E-state index contributed by atoms with van der Waals surface area (Å²) < 4.78 is 17.8. The molecule has 160 valence electrons. The number of benzene rings is 1. The molecule has 0 radical (unpaired) electrons. The lowest BCUT2D eigenvalue weighted by molar-refractivity contribution is -0.0655. The molecule has 0 saturated heterocycles. The average molecular weight is 413 g/mol. The Labute approximate surface area is 175 Å². The van der Waals surface area contributed by atoms with Crippen LogP contribution in [0.1, 0.15) is 36.9 Å².